The van der Waals surface area contributed by atoms with Crippen LogP contribution in [0.4, 0.5) is 0 Å². The Labute approximate surface area is 90.3 Å². The summed E-state index contributed by atoms with van der Waals surface area (Å²) in [6.07, 6.45) is 1.40. The third kappa shape index (κ3) is 1.27. The SMILES string of the molecule is CC(=O)c1c(C)n([O-])c2cccnc2[n+]1=O. The second kappa shape index (κ2) is 3.41. The van der Waals surface area contributed by atoms with Gasteiger partial charge in [0.2, 0.25) is 11.5 Å². The minimum atomic E-state index is -0.454. The molecule has 0 aliphatic heterocycles. The lowest BCUT2D eigenvalue weighted by Gasteiger charge is -2.15. The standard InChI is InChI=1S/C10H9N3O3/c1-6-9(7(2)14)13(16)10-8(12(6)15)4-3-5-11-10/h3-5H,1-2H3. The van der Waals surface area contributed by atoms with Crippen LogP contribution < -0.4 is 4.43 Å². The number of fused-ring (bicyclic) bond motifs is 1. The summed E-state index contributed by atoms with van der Waals surface area (Å²) in [6, 6.07) is 3.05. The van der Waals surface area contributed by atoms with Crippen molar-refractivity contribution in [3.05, 3.63) is 39.8 Å². The maximum Gasteiger partial charge on any atom is 0.390 e. The van der Waals surface area contributed by atoms with Crippen molar-refractivity contribution in [3.63, 3.8) is 0 Å². The molecule has 2 heterocycles. The van der Waals surface area contributed by atoms with Gasteiger partial charge in [0.1, 0.15) is 11.7 Å². The van der Waals surface area contributed by atoms with Gasteiger partial charge in [-0.3, -0.25) is 4.79 Å². The molecule has 0 saturated heterocycles. The molecule has 2 aromatic rings. The fourth-order valence-corrected chi connectivity index (χ4v) is 1.63. The Bertz CT molecular complexity index is 646. The number of rotatable bonds is 1. The van der Waals surface area contributed by atoms with Crippen LogP contribution in [-0.4, -0.2) is 15.5 Å². The van der Waals surface area contributed by atoms with Crippen LogP contribution in [0.5, 0.6) is 0 Å². The number of aromatic nitrogens is 3. The van der Waals surface area contributed by atoms with E-state index < -0.39 is 5.78 Å². The summed E-state index contributed by atoms with van der Waals surface area (Å²) in [5.41, 5.74) is 0.0255. The van der Waals surface area contributed by atoms with Gasteiger partial charge in [-0.1, -0.05) is 4.91 Å². The molecule has 0 amide bonds. The van der Waals surface area contributed by atoms with Crippen molar-refractivity contribution in [3.8, 4) is 0 Å². The molecule has 0 saturated carbocycles. The normalized spacial score (nSPS) is 10.6. The van der Waals surface area contributed by atoms with E-state index in [-0.39, 0.29) is 22.6 Å². The lowest BCUT2D eigenvalue weighted by molar-refractivity contribution is -0.470. The average Bonchev–Trinajstić information content (AvgIpc) is 2.26. The van der Waals surface area contributed by atoms with Crippen molar-refractivity contribution in [2.45, 2.75) is 13.8 Å². The number of ketones is 1. The van der Waals surface area contributed by atoms with Crippen molar-refractivity contribution in [2.24, 2.45) is 0 Å². The Hall–Kier alpha value is -2.24. The molecule has 0 radical (unpaired) electrons. The van der Waals surface area contributed by atoms with Crippen LogP contribution >= 0.6 is 0 Å². The molecule has 0 aliphatic rings. The third-order valence-corrected chi connectivity index (χ3v) is 2.36. The first-order valence-corrected chi connectivity index (χ1v) is 4.65. The predicted molar refractivity (Wildman–Crippen MR) is 56.6 cm³/mol. The number of Topliss-reactive ketones (excluding diaryl/α,β-unsaturated/α-hetero) is 1. The monoisotopic (exact) mass is 219 g/mol. The molecule has 0 spiro atoms. The zero-order valence-electron chi connectivity index (χ0n) is 8.80. The maximum atomic E-state index is 11.8. The van der Waals surface area contributed by atoms with E-state index in [1.54, 1.807) is 6.07 Å². The van der Waals surface area contributed by atoms with Gasteiger partial charge in [-0.2, -0.15) is 0 Å². The van der Waals surface area contributed by atoms with E-state index in [2.05, 4.69) is 4.98 Å². The molecule has 2 aromatic heterocycles. The van der Waals surface area contributed by atoms with E-state index >= 15 is 0 Å². The first kappa shape index (κ1) is 10.3. The van der Waals surface area contributed by atoms with Gasteiger partial charge in [-0.05, 0) is 24.0 Å². The fourth-order valence-electron chi connectivity index (χ4n) is 1.63. The van der Waals surface area contributed by atoms with E-state index in [9.17, 15) is 14.9 Å². The minimum Gasteiger partial charge on any atom is -0.805 e. The molecular formula is C10H9N3O3. The van der Waals surface area contributed by atoms with E-state index in [1.165, 1.54) is 26.1 Å². The van der Waals surface area contributed by atoms with Gasteiger partial charge < -0.3 is 9.94 Å². The summed E-state index contributed by atoms with van der Waals surface area (Å²) < 4.78 is 0.953. The first-order chi connectivity index (χ1) is 7.54. The van der Waals surface area contributed by atoms with Crippen LogP contribution in [-0.2, 0) is 0 Å². The first-order valence-electron chi connectivity index (χ1n) is 4.65. The molecule has 0 aliphatic carbocycles. The number of carbonyl (C=O) groups excluding carboxylic acids is 1. The van der Waals surface area contributed by atoms with Crippen LogP contribution in [0.3, 0.4) is 0 Å². The number of hydrogen-bond acceptors (Lipinski definition) is 4. The number of hydrogen-bond donors (Lipinski definition) is 0. The molecule has 0 aromatic carbocycles. The summed E-state index contributed by atoms with van der Waals surface area (Å²) >= 11 is 0. The summed E-state index contributed by atoms with van der Waals surface area (Å²) in [7, 11) is 0. The van der Waals surface area contributed by atoms with Crippen LogP contribution in [0, 0.1) is 17.0 Å². The highest BCUT2D eigenvalue weighted by Crippen LogP contribution is 2.11. The molecule has 0 unspecified atom stereocenters. The van der Waals surface area contributed by atoms with Crippen molar-refractivity contribution >= 4 is 16.9 Å². The number of nitrogens with zero attached hydrogens (tertiary/aromatic N) is 3. The van der Waals surface area contributed by atoms with E-state index in [1.807, 2.05) is 0 Å². The zero-order valence-corrected chi connectivity index (χ0v) is 8.80. The smallest absolute Gasteiger partial charge is 0.390 e. The minimum absolute atomic E-state index is 0.0479. The second-order valence-corrected chi connectivity index (χ2v) is 3.43. The fraction of sp³-hybridized carbons (Fsp3) is 0.200. The van der Waals surface area contributed by atoms with Gasteiger partial charge >= 0.3 is 5.65 Å². The largest absolute Gasteiger partial charge is 0.805 e. The van der Waals surface area contributed by atoms with Crippen molar-refractivity contribution in [2.75, 3.05) is 0 Å². The number of pyridine rings is 1. The topological polar surface area (TPSA) is 80.9 Å². The second-order valence-electron chi connectivity index (χ2n) is 3.43. The summed E-state index contributed by atoms with van der Waals surface area (Å²) in [6.45, 7) is 2.68. The molecular weight excluding hydrogens is 210 g/mol. The Morgan fingerprint density at radius 1 is 1.56 bits per heavy atom. The zero-order chi connectivity index (χ0) is 11.9. The van der Waals surface area contributed by atoms with Gasteiger partial charge in [0.15, 0.2) is 0 Å². The molecule has 0 bridgehead atoms. The van der Waals surface area contributed by atoms with Crippen molar-refractivity contribution in [1.82, 2.24) is 9.71 Å². The highest BCUT2D eigenvalue weighted by molar-refractivity contribution is 5.92. The van der Waals surface area contributed by atoms with Crippen LogP contribution in [0.15, 0.2) is 18.3 Å². The van der Waals surface area contributed by atoms with Crippen molar-refractivity contribution in [1.29, 1.82) is 0 Å². The molecule has 0 atom stereocenters. The number of carbonyl (C=O) groups is 1. The van der Waals surface area contributed by atoms with Gasteiger partial charge in [0.05, 0.1) is 5.69 Å². The molecule has 82 valence electrons. The Morgan fingerprint density at radius 3 is 2.88 bits per heavy atom. The Kier molecular flexibility index (Phi) is 2.19. The highest BCUT2D eigenvalue weighted by atomic mass is 16.5. The quantitative estimate of drug-likeness (QED) is 0.525. The lowest BCUT2D eigenvalue weighted by atomic mass is 10.2. The maximum absolute atomic E-state index is 11.8. The van der Waals surface area contributed by atoms with E-state index in [0.717, 1.165) is 0 Å². The van der Waals surface area contributed by atoms with Gasteiger partial charge in [-0.25, -0.2) is 0 Å². The van der Waals surface area contributed by atoms with E-state index in [4.69, 9.17) is 0 Å². The summed E-state index contributed by atoms with van der Waals surface area (Å²) in [4.78, 5) is 26.9. The van der Waals surface area contributed by atoms with Crippen LogP contribution in [0.2, 0.25) is 0 Å². The molecule has 2 rings (SSSR count). The van der Waals surface area contributed by atoms with Crippen molar-refractivity contribution < 1.29 is 9.22 Å². The Morgan fingerprint density at radius 2 is 2.25 bits per heavy atom. The predicted octanol–water partition coefficient (Wildman–Crippen LogP) is 0.808. The van der Waals surface area contributed by atoms with Gasteiger partial charge in [0, 0.05) is 11.4 Å². The summed E-state index contributed by atoms with van der Waals surface area (Å²) in [5.74, 6) is -0.454. The van der Waals surface area contributed by atoms with E-state index in [0.29, 0.717) is 9.16 Å². The Balaban J connectivity index is 3.07. The molecule has 0 N–H and O–H groups in total. The van der Waals surface area contributed by atoms with Crippen LogP contribution in [0.1, 0.15) is 23.1 Å². The lowest BCUT2D eigenvalue weighted by Crippen LogP contribution is -2.30. The highest BCUT2D eigenvalue weighted by Gasteiger charge is 2.20. The van der Waals surface area contributed by atoms with Crippen LogP contribution in [0.25, 0.3) is 11.2 Å². The third-order valence-electron chi connectivity index (χ3n) is 2.36. The molecule has 6 nitrogen and oxygen atoms in total. The molecule has 6 heteroatoms. The summed E-state index contributed by atoms with van der Waals surface area (Å²) in [5, 5.41) is 11.8. The molecule has 16 heavy (non-hydrogen) atoms. The van der Waals surface area contributed by atoms with Gasteiger partial charge in [-0.15, -0.1) is 0 Å². The molecule has 0 fully saturated rings. The van der Waals surface area contributed by atoms with Gasteiger partial charge in [0.25, 0.3) is 0 Å². The average molecular weight is 219 g/mol.